The maximum atomic E-state index is 9.54. The van der Waals surface area contributed by atoms with E-state index in [-0.39, 0.29) is 17.4 Å². The zero-order valence-corrected chi connectivity index (χ0v) is 9.04. The Balaban J connectivity index is 2.46. The molecular formula is C12H17NO. The normalized spacial score (nSPS) is 28.9. The number of aliphatic hydroxyl groups excluding tert-OH is 1. The van der Waals surface area contributed by atoms with Gasteiger partial charge in [-0.25, -0.2) is 0 Å². The first-order chi connectivity index (χ1) is 6.53. The van der Waals surface area contributed by atoms with Crippen LogP contribution in [0.15, 0.2) is 18.3 Å². The average Bonchev–Trinajstić information content (AvgIpc) is 2.70. The molecule has 1 aliphatic rings. The molecule has 1 N–H and O–H groups in total. The Morgan fingerprint density at radius 2 is 2.14 bits per heavy atom. The highest BCUT2D eigenvalue weighted by Gasteiger charge is 2.62. The van der Waals surface area contributed by atoms with Gasteiger partial charge < -0.3 is 5.11 Å². The molecule has 0 radical (unpaired) electrons. The highest BCUT2D eigenvalue weighted by atomic mass is 16.3. The molecule has 2 nitrogen and oxygen atoms in total. The minimum Gasteiger partial charge on any atom is -0.395 e. The van der Waals surface area contributed by atoms with Gasteiger partial charge in [-0.1, -0.05) is 19.9 Å². The fraction of sp³-hybridized carbons (Fsp3) is 0.583. The fourth-order valence-corrected chi connectivity index (χ4v) is 2.52. The van der Waals surface area contributed by atoms with Crippen LogP contribution in [0.5, 0.6) is 0 Å². The Kier molecular flexibility index (Phi) is 1.93. The minimum absolute atomic E-state index is 0.0364. The molecule has 2 heteroatoms. The molecule has 1 atom stereocenters. The van der Waals surface area contributed by atoms with E-state index >= 15 is 0 Å². The van der Waals surface area contributed by atoms with Gasteiger partial charge in [0.15, 0.2) is 0 Å². The van der Waals surface area contributed by atoms with Crippen molar-refractivity contribution in [1.82, 2.24) is 4.98 Å². The van der Waals surface area contributed by atoms with E-state index in [4.69, 9.17) is 0 Å². The second-order valence-corrected chi connectivity index (χ2v) is 4.94. The third-order valence-corrected chi connectivity index (χ3v) is 3.71. The summed E-state index contributed by atoms with van der Waals surface area (Å²) in [6, 6.07) is 4.04. The lowest BCUT2D eigenvalue weighted by molar-refractivity contribution is 0.230. The monoisotopic (exact) mass is 191 g/mol. The third kappa shape index (κ3) is 1.10. The van der Waals surface area contributed by atoms with Crippen LogP contribution in [0, 0.1) is 12.3 Å². The van der Waals surface area contributed by atoms with Crippen LogP contribution in [0.2, 0.25) is 0 Å². The van der Waals surface area contributed by atoms with Crippen molar-refractivity contribution in [2.45, 2.75) is 32.6 Å². The molecule has 1 aromatic rings. The van der Waals surface area contributed by atoms with E-state index in [9.17, 15) is 5.11 Å². The predicted molar refractivity (Wildman–Crippen MR) is 56.1 cm³/mol. The lowest BCUT2D eigenvalue weighted by Gasteiger charge is -2.19. The van der Waals surface area contributed by atoms with E-state index in [0.717, 1.165) is 12.1 Å². The van der Waals surface area contributed by atoms with Gasteiger partial charge in [-0.2, -0.15) is 0 Å². The van der Waals surface area contributed by atoms with Gasteiger partial charge in [-0.15, -0.1) is 0 Å². The second-order valence-electron chi connectivity index (χ2n) is 4.94. The number of hydrogen-bond donors (Lipinski definition) is 1. The van der Waals surface area contributed by atoms with Gasteiger partial charge in [-0.05, 0) is 30.4 Å². The molecule has 0 amide bonds. The van der Waals surface area contributed by atoms with Crippen molar-refractivity contribution in [1.29, 1.82) is 0 Å². The molecule has 0 bridgehead atoms. The van der Waals surface area contributed by atoms with Gasteiger partial charge in [0.1, 0.15) is 0 Å². The van der Waals surface area contributed by atoms with Gasteiger partial charge in [0.25, 0.3) is 0 Å². The van der Waals surface area contributed by atoms with E-state index in [1.807, 2.05) is 13.0 Å². The first-order valence-corrected chi connectivity index (χ1v) is 5.06. The maximum Gasteiger partial charge on any atom is 0.0533 e. The molecule has 2 rings (SSSR count). The second kappa shape index (κ2) is 2.80. The molecular weight excluding hydrogens is 174 g/mol. The minimum atomic E-state index is -0.0364. The molecule has 0 aliphatic heterocycles. The van der Waals surface area contributed by atoms with Crippen molar-refractivity contribution in [2.75, 3.05) is 6.61 Å². The number of aromatic nitrogens is 1. The number of pyridine rings is 1. The van der Waals surface area contributed by atoms with E-state index in [0.29, 0.717) is 0 Å². The van der Waals surface area contributed by atoms with Crippen LogP contribution in [-0.2, 0) is 5.41 Å². The summed E-state index contributed by atoms with van der Waals surface area (Å²) in [6.45, 7) is 6.65. The summed E-state index contributed by atoms with van der Waals surface area (Å²) in [5.74, 6) is 0. The molecule has 0 spiro atoms. The molecule has 1 aliphatic carbocycles. The summed E-state index contributed by atoms with van der Waals surface area (Å²) < 4.78 is 0. The van der Waals surface area contributed by atoms with Gasteiger partial charge in [0.2, 0.25) is 0 Å². The Hall–Kier alpha value is -0.890. The van der Waals surface area contributed by atoms with E-state index < -0.39 is 0 Å². The highest BCUT2D eigenvalue weighted by molar-refractivity contribution is 5.39. The molecule has 76 valence electrons. The number of aryl methyl sites for hydroxylation is 1. The Labute approximate surface area is 85.0 Å². The lowest BCUT2D eigenvalue weighted by atomic mass is 9.88. The summed E-state index contributed by atoms with van der Waals surface area (Å²) in [5, 5.41) is 9.54. The van der Waals surface area contributed by atoms with Crippen molar-refractivity contribution < 1.29 is 5.11 Å². The number of nitrogens with zero attached hydrogens (tertiary/aromatic N) is 1. The van der Waals surface area contributed by atoms with E-state index in [2.05, 4.69) is 24.9 Å². The van der Waals surface area contributed by atoms with Crippen LogP contribution in [0.1, 0.15) is 31.5 Å². The van der Waals surface area contributed by atoms with Crippen molar-refractivity contribution in [3.05, 3.63) is 29.6 Å². The largest absolute Gasteiger partial charge is 0.395 e. The summed E-state index contributed by atoms with van der Waals surface area (Å²) in [7, 11) is 0. The molecule has 1 aromatic heterocycles. The third-order valence-electron chi connectivity index (χ3n) is 3.71. The van der Waals surface area contributed by atoms with Crippen LogP contribution in [0.25, 0.3) is 0 Å². The molecule has 1 saturated carbocycles. The van der Waals surface area contributed by atoms with E-state index in [1.165, 1.54) is 5.56 Å². The SMILES string of the molecule is Cc1ncccc1C1(CO)CC1(C)C. The molecule has 1 fully saturated rings. The van der Waals surface area contributed by atoms with Crippen LogP contribution >= 0.6 is 0 Å². The van der Waals surface area contributed by atoms with E-state index in [1.54, 1.807) is 6.20 Å². The molecule has 1 unspecified atom stereocenters. The van der Waals surface area contributed by atoms with Crippen molar-refractivity contribution in [2.24, 2.45) is 5.41 Å². The fourth-order valence-electron chi connectivity index (χ4n) is 2.52. The Bertz CT molecular complexity index is 359. The summed E-state index contributed by atoms with van der Waals surface area (Å²) in [5.41, 5.74) is 2.44. The summed E-state index contributed by atoms with van der Waals surface area (Å²) >= 11 is 0. The summed E-state index contributed by atoms with van der Waals surface area (Å²) in [4.78, 5) is 4.29. The maximum absolute atomic E-state index is 9.54. The zero-order valence-electron chi connectivity index (χ0n) is 9.04. The van der Waals surface area contributed by atoms with Crippen LogP contribution in [0.3, 0.4) is 0 Å². The van der Waals surface area contributed by atoms with Gasteiger partial charge >= 0.3 is 0 Å². The topological polar surface area (TPSA) is 33.1 Å². The first kappa shape index (κ1) is 9.66. The van der Waals surface area contributed by atoms with Crippen molar-refractivity contribution in [3.63, 3.8) is 0 Å². The molecule has 1 heterocycles. The number of aliphatic hydroxyl groups is 1. The van der Waals surface area contributed by atoms with Gasteiger partial charge in [0.05, 0.1) is 6.61 Å². The highest BCUT2D eigenvalue weighted by Crippen LogP contribution is 2.64. The molecule has 0 saturated heterocycles. The lowest BCUT2D eigenvalue weighted by Crippen LogP contribution is -2.20. The van der Waals surface area contributed by atoms with Crippen molar-refractivity contribution >= 4 is 0 Å². The van der Waals surface area contributed by atoms with Crippen LogP contribution in [0.4, 0.5) is 0 Å². The Morgan fingerprint density at radius 3 is 2.57 bits per heavy atom. The smallest absolute Gasteiger partial charge is 0.0533 e. The average molecular weight is 191 g/mol. The van der Waals surface area contributed by atoms with Crippen LogP contribution < -0.4 is 0 Å². The molecule has 14 heavy (non-hydrogen) atoms. The number of hydrogen-bond acceptors (Lipinski definition) is 2. The number of rotatable bonds is 2. The van der Waals surface area contributed by atoms with Gasteiger partial charge in [0, 0.05) is 17.3 Å². The van der Waals surface area contributed by atoms with Crippen LogP contribution in [-0.4, -0.2) is 16.7 Å². The van der Waals surface area contributed by atoms with Gasteiger partial charge in [-0.3, -0.25) is 4.98 Å². The quantitative estimate of drug-likeness (QED) is 0.776. The van der Waals surface area contributed by atoms with Crippen molar-refractivity contribution in [3.8, 4) is 0 Å². The Morgan fingerprint density at radius 1 is 1.50 bits per heavy atom. The standard InChI is InChI=1S/C12H17NO/c1-9-10(5-4-6-13-9)12(8-14)7-11(12,2)3/h4-6,14H,7-8H2,1-3H3. The first-order valence-electron chi connectivity index (χ1n) is 5.06. The zero-order chi connectivity index (χ0) is 10.4. The molecule has 0 aromatic carbocycles. The summed E-state index contributed by atoms with van der Waals surface area (Å²) in [6.07, 6.45) is 2.86. The predicted octanol–water partition coefficient (Wildman–Crippen LogP) is 2.05.